The molecule has 4 heteroatoms. The van der Waals surface area contributed by atoms with E-state index in [1.54, 1.807) is 0 Å². The largest absolute Gasteiger partial charge is 0.361 e. The Morgan fingerprint density at radius 3 is 2.75 bits per heavy atom. The molecule has 0 saturated carbocycles. The summed E-state index contributed by atoms with van der Waals surface area (Å²) in [7, 11) is 4.24. The van der Waals surface area contributed by atoms with Crippen LogP contribution in [-0.4, -0.2) is 49.0 Å². The average Bonchev–Trinajstić information content (AvgIpc) is 2.65. The highest BCUT2D eigenvalue weighted by atomic mass is 32.2. The maximum absolute atomic E-state index is 4.60. The molecule has 1 heterocycles. The third-order valence-electron chi connectivity index (χ3n) is 2.78. The van der Waals surface area contributed by atoms with E-state index < -0.39 is 0 Å². The van der Waals surface area contributed by atoms with Crippen LogP contribution in [-0.2, 0) is 0 Å². The van der Waals surface area contributed by atoms with Crippen LogP contribution in [0.3, 0.4) is 0 Å². The molecule has 0 spiro atoms. The summed E-state index contributed by atoms with van der Waals surface area (Å²) >= 11 is 1.87. The first-order valence-electron chi connectivity index (χ1n) is 6.18. The number of amidine groups is 1. The van der Waals surface area contributed by atoms with Gasteiger partial charge in [0.25, 0.3) is 0 Å². The average molecular weight is 243 g/mol. The summed E-state index contributed by atoms with van der Waals surface area (Å²) in [6, 6.07) is 0.616. The van der Waals surface area contributed by atoms with E-state index in [4.69, 9.17) is 0 Å². The Morgan fingerprint density at radius 2 is 2.19 bits per heavy atom. The van der Waals surface area contributed by atoms with Crippen molar-refractivity contribution in [1.82, 2.24) is 10.2 Å². The van der Waals surface area contributed by atoms with Crippen molar-refractivity contribution in [3.8, 4) is 0 Å². The standard InChI is InChI=1S/C12H25N3S/c1-10(2)11-9-16-12(14-11)13-7-5-6-8-15(3)4/h10-11H,5-9H2,1-4H3,(H,13,14). The first-order valence-corrected chi connectivity index (χ1v) is 7.16. The van der Waals surface area contributed by atoms with Crippen LogP contribution in [0.4, 0.5) is 0 Å². The van der Waals surface area contributed by atoms with Crippen molar-refractivity contribution < 1.29 is 0 Å². The smallest absolute Gasteiger partial charge is 0.156 e. The molecular weight excluding hydrogens is 218 g/mol. The first kappa shape index (κ1) is 13.8. The maximum atomic E-state index is 4.60. The van der Waals surface area contributed by atoms with E-state index in [0.29, 0.717) is 12.0 Å². The van der Waals surface area contributed by atoms with Gasteiger partial charge in [-0.05, 0) is 39.4 Å². The predicted molar refractivity (Wildman–Crippen MR) is 74.3 cm³/mol. The van der Waals surface area contributed by atoms with E-state index in [1.165, 1.54) is 25.1 Å². The summed E-state index contributed by atoms with van der Waals surface area (Å²) in [5, 5.41) is 4.65. The van der Waals surface area contributed by atoms with Crippen LogP contribution in [0.5, 0.6) is 0 Å². The third-order valence-corrected chi connectivity index (χ3v) is 3.83. The van der Waals surface area contributed by atoms with Crippen LogP contribution in [0.25, 0.3) is 0 Å². The van der Waals surface area contributed by atoms with Gasteiger partial charge in [-0.3, -0.25) is 4.99 Å². The van der Waals surface area contributed by atoms with Crippen molar-refractivity contribution in [3.05, 3.63) is 0 Å². The van der Waals surface area contributed by atoms with Gasteiger partial charge in [0.05, 0.1) is 0 Å². The molecule has 1 N–H and O–H groups in total. The summed E-state index contributed by atoms with van der Waals surface area (Å²) in [6.07, 6.45) is 2.43. The zero-order valence-electron chi connectivity index (χ0n) is 11.0. The SMILES string of the molecule is CC(C)C1CSC(=NCCCCN(C)C)N1. The fraction of sp³-hybridized carbons (Fsp3) is 0.917. The Morgan fingerprint density at radius 1 is 1.44 bits per heavy atom. The molecule has 0 bridgehead atoms. The van der Waals surface area contributed by atoms with Crippen molar-refractivity contribution in [2.24, 2.45) is 10.9 Å². The van der Waals surface area contributed by atoms with Crippen LogP contribution in [0.2, 0.25) is 0 Å². The molecule has 1 aliphatic heterocycles. The molecule has 94 valence electrons. The lowest BCUT2D eigenvalue weighted by atomic mass is 10.1. The molecule has 0 amide bonds. The summed E-state index contributed by atoms with van der Waals surface area (Å²) in [4.78, 5) is 6.83. The first-order chi connectivity index (χ1) is 7.59. The molecular formula is C12H25N3S. The molecule has 1 fully saturated rings. The van der Waals surface area contributed by atoms with Gasteiger partial charge in [0.15, 0.2) is 5.17 Å². The highest BCUT2D eigenvalue weighted by Gasteiger charge is 2.22. The van der Waals surface area contributed by atoms with Crippen LogP contribution >= 0.6 is 11.8 Å². The van der Waals surface area contributed by atoms with Gasteiger partial charge in [0.2, 0.25) is 0 Å². The monoisotopic (exact) mass is 243 g/mol. The maximum Gasteiger partial charge on any atom is 0.156 e. The van der Waals surface area contributed by atoms with E-state index in [1.807, 2.05) is 11.8 Å². The van der Waals surface area contributed by atoms with Gasteiger partial charge in [0.1, 0.15) is 0 Å². The van der Waals surface area contributed by atoms with Crippen LogP contribution in [0, 0.1) is 5.92 Å². The number of nitrogens with one attached hydrogen (secondary N) is 1. The summed E-state index contributed by atoms with van der Waals surface area (Å²) < 4.78 is 0. The van der Waals surface area contributed by atoms with Crippen molar-refractivity contribution in [3.63, 3.8) is 0 Å². The van der Waals surface area contributed by atoms with Crippen LogP contribution in [0.1, 0.15) is 26.7 Å². The lowest BCUT2D eigenvalue weighted by Crippen LogP contribution is -2.31. The molecule has 1 saturated heterocycles. The number of hydrogen-bond acceptors (Lipinski definition) is 3. The minimum Gasteiger partial charge on any atom is -0.361 e. The quantitative estimate of drug-likeness (QED) is 0.724. The number of rotatable bonds is 6. The van der Waals surface area contributed by atoms with Crippen LogP contribution in [0.15, 0.2) is 4.99 Å². The Kier molecular flexibility index (Phi) is 6.21. The summed E-state index contributed by atoms with van der Waals surface area (Å²) in [5.41, 5.74) is 0. The minimum absolute atomic E-state index is 0.616. The Balaban J connectivity index is 2.12. The molecule has 0 radical (unpaired) electrons. The Labute approximate surface area is 104 Å². The van der Waals surface area contributed by atoms with Crippen molar-refractivity contribution in [2.45, 2.75) is 32.7 Å². The number of thioether (sulfide) groups is 1. The van der Waals surface area contributed by atoms with E-state index in [2.05, 4.69) is 43.2 Å². The van der Waals surface area contributed by atoms with Gasteiger partial charge in [0, 0.05) is 18.3 Å². The molecule has 0 aromatic rings. The minimum atomic E-state index is 0.616. The zero-order chi connectivity index (χ0) is 12.0. The normalized spacial score (nSPS) is 23.4. The lowest BCUT2D eigenvalue weighted by molar-refractivity contribution is 0.396. The van der Waals surface area contributed by atoms with E-state index in [9.17, 15) is 0 Å². The molecule has 1 atom stereocenters. The van der Waals surface area contributed by atoms with Crippen LogP contribution < -0.4 is 5.32 Å². The van der Waals surface area contributed by atoms with Gasteiger partial charge < -0.3 is 10.2 Å². The molecule has 1 aliphatic rings. The second kappa shape index (κ2) is 7.17. The number of unbranched alkanes of at least 4 members (excludes halogenated alkanes) is 1. The molecule has 16 heavy (non-hydrogen) atoms. The topological polar surface area (TPSA) is 27.6 Å². The molecule has 3 nitrogen and oxygen atoms in total. The van der Waals surface area contributed by atoms with Gasteiger partial charge >= 0.3 is 0 Å². The highest BCUT2D eigenvalue weighted by Crippen LogP contribution is 2.18. The van der Waals surface area contributed by atoms with Crippen molar-refractivity contribution >= 4 is 16.9 Å². The molecule has 0 aliphatic carbocycles. The Hall–Kier alpha value is -0.220. The van der Waals surface area contributed by atoms with Gasteiger partial charge in [-0.25, -0.2) is 0 Å². The van der Waals surface area contributed by atoms with Gasteiger partial charge in [-0.1, -0.05) is 25.6 Å². The van der Waals surface area contributed by atoms with E-state index in [0.717, 1.165) is 11.7 Å². The van der Waals surface area contributed by atoms with Gasteiger partial charge in [-0.15, -0.1) is 0 Å². The summed E-state index contributed by atoms with van der Waals surface area (Å²) in [5.74, 6) is 1.88. The van der Waals surface area contributed by atoms with Crippen molar-refractivity contribution in [2.75, 3.05) is 32.9 Å². The summed E-state index contributed by atoms with van der Waals surface area (Å²) in [6.45, 7) is 6.66. The third kappa shape index (κ3) is 5.21. The molecule has 0 aromatic heterocycles. The number of nitrogens with zero attached hydrogens (tertiary/aromatic N) is 2. The molecule has 1 unspecified atom stereocenters. The molecule has 1 rings (SSSR count). The molecule has 0 aromatic carbocycles. The lowest BCUT2D eigenvalue weighted by Gasteiger charge is -2.13. The fourth-order valence-electron chi connectivity index (χ4n) is 1.58. The second-order valence-corrected chi connectivity index (χ2v) is 6.01. The van der Waals surface area contributed by atoms with E-state index in [-0.39, 0.29) is 0 Å². The number of aliphatic imine (C=N–C) groups is 1. The second-order valence-electron chi connectivity index (χ2n) is 5.00. The van der Waals surface area contributed by atoms with Gasteiger partial charge in [-0.2, -0.15) is 0 Å². The zero-order valence-corrected chi connectivity index (χ0v) is 11.8. The van der Waals surface area contributed by atoms with Crippen molar-refractivity contribution in [1.29, 1.82) is 0 Å². The number of hydrogen-bond donors (Lipinski definition) is 1. The van der Waals surface area contributed by atoms with E-state index >= 15 is 0 Å². The highest BCUT2D eigenvalue weighted by molar-refractivity contribution is 8.14. The Bertz CT molecular complexity index is 226. The fourth-order valence-corrected chi connectivity index (χ4v) is 2.80. The predicted octanol–water partition coefficient (Wildman–Crippen LogP) is 2.05.